The number of hydrazine groups is 1. The highest BCUT2D eigenvalue weighted by molar-refractivity contribution is 5.49. The zero-order chi connectivity index (χ0) is 14.6. The highest BCUT2D eigenvalue weighted by Gasteiger charge is 2.31. The first-order valence-electron chi connectivity index (χ1n) is 7.76. The molecule has 112 valence electrons. The fourth-order valence-electron chi connectivity index (χ4n) is 3.04. The van der Waals surface area contributed by atoms with E-state index in [0.29, 0.717) is 11.2 Å². The normalized spacial score (nSPS) is 18.1. The molecule has 0 amide bonds. The number of aryl methyl sites for hydroxylation is 1. The Morgan fingerprint density at radius 3 is 2.35 bits per heavy atom. The Hall–Kier alpha value is -1.36. The number of hydrogen-bond donors (Lipinski definition) is 2. The fraction of sp³-hybridized carbons (Fsp3) is 0.733. The lowest BCUT2D eigenvalue weighted by Gasteiger charge is -2.41. The van der Waals surface area contributed by atoms with Crippen molar-refractivity contribution in [2.45, 2.75) is 52.9 Å². The highest BCUT2D eigenvalue weighted by atomic mass is 15.3. The van der Waals surface area contributed by atoms with Crippen LogP contribution in [-0.4, -0.2) is 23.1 Å². The summed E-state index contributed by atoms with van der Waals surface area (Å²) < 4.78 is 0. The molecule has 0 bridgehead atoms. The van der Waals surface area contributed by atoms with Gasteiger partial charge in [0.2, 0.25) is 0 Å². The molecule has 0 unspecified atom stereocenters. The third-order valence-electron chi connectivity index (χ3n) is 4.87. The van der Waals surface area contributed by atoms with Crippen LogP contribution in [0.4, 0.5) is 11.6 Å². The third kappa shape index (κ3) is 3.03. The van der Waals surface area contributed by atoms with Crippen molar-refractivity contribution in [2.24, 2.45) is 11.3 Å². The number of anilines is 2. The van der Waals surface area contributed by atoms with E-state index >= 15 is 0 Å². The SMILES string of the molecule is CCc1nc(NN)cc(N2CCC(CC)(CC)CC2)n1. The average Bonchev–Trinajstić information content (AvgIpc) is 2.54. The number of hydrogen-bond acceptors (Lipinski definition) is 5. The Morgan fingerprint density at radius 2 is 1.85 bits per heavy atom. The van der Waals surface area contributed by atoms with Crippen LogP contribution in [0.15, 0.2) is 6.07 Å². The number of rotatable bonds is 5. The minimum absolute atomic E-state index is 0.534. The number of nitrogen functional groups attached to an aromatic ring is 1. The minimum Gasteiger partial charge on any atom is -0.356 e. The first-order valence-corrected chi connectivity index (χ1v) is 7.76. The summed E-state index contributed by atoms with van der Waals surface area (Å²) in [5.74, 6) is 8.05. The van der Waals surface area contributed by atoms with Crippen LogP contribution in [0.1, 0.15) is 52.3 Å². The van der Waals surface area contributed by atoms with Gasteiger partial charge < -0.3 is 10.3 Å². The molecule has 1 aliphatic rings. The van der Waals surface area contributed by atoms with Gasteiger partial charge in [0.15, 0.2) is 0 Å². The van der Waals surface area contributed by atoms with Crippen molar-refractivity contribution in [3.8, 4) is 0 Å². The van der Waals surface area contributed by atoms with Crippen LogP contribution in [0.5, 0.6) is 0 Å². The lowest BCUT2D eigenvalue weighted by atomic mass is 9.74. The van der Waals surface area contributed by atoms with Gasteiger partial charge in [-0.3, -0.25) is 0 Å². The Labute approximate surface area is 121 Å². The molecular formula is C15H27N5. The van der Waals surface area contributed by atoms with Gasteiger partial charge in [-0.1, -0.05) is 33.6 Å². The highest BCUT2D eigenvalue weighted by Crippen LogP contribution is 2.38. The van der Waals surface area contributed by atoms with E-state index in [9.17, 15) is 0 Å². The van der Waals surface area contributed by atoms with E-state index in [4.69, 9.17) is 5.84 Å². The van der Waals surface area contributed by atoms with Crippen molar-refractivity contribution in [1.82, 2.24) is 9.97 Å². The molecule has 5 nitrogen and oxygen atoms in total. The van der Waals surface area contributed by atoms with Gasteiger partial charge >= 0.3 is 0 Å². The van der Waals surface area contributed by atoms with Gasteiger partial charge in [-0.2, -0.15) is 0 Å². The zero-order valence-corrected chi connectivity index (χ0v) is 12.9. The van der Waals surface area contributed by atoms with Gasteiger partial charge in [0, 0.05) is 25.6 Å². The minimum atomic E-state index is 0.534. The molecule has 0 aliphatic carbocycles. The standard InChI is InChI=1S/C15H27N5/c1-4-12-17-13(19-16)11-14(18-12)20-9-7-15(5-2,6-3)8-10-20/h11H,4-10,16H2,1-3H3,(H,17,18,19). The van der Waals surface area contributed by atoms with Gasteiger partial charge in [-0.05, 0) is 18.3 Å². The Morgan fingerprint density at radius 1 is 1.20 bits per heavy atom. The summed E-state index contributed by atoms with van der Waals surface area (Å²) in [6.07, 6.45) is 5.87. The second-order valence-corrected chi connectivity index (χ2v) is 5.72. The summed E-state index contributed by atoms with van der Waals surface area (Å²) in [6.45, 7) is 8.84. The van der Waals surface area contributed by atoms with Crippen LogP contribution in [0.3, 0.4) is 0 Å². The van der Waals surface area contributed by atoms with Crippen molar-refractivity contribution < 1.29 is 0 Å². The lowest BCUT2D eigenvalue weighted by molar-refractivity contribution is 0.199. The summed E-state index contributed by atoms with van der Waals surface area (Å²) in [5, 5.41) is 0. The van der Waals surface area contributed by atoms with Crippen molar-refractivity contribution in [3.63, 3.8) is 0 Å². The molecule has 1 aromatic heterocycles. The Kier molecular flexibility index (Phi) is 4.81. The monoisotopic (exact) mass is 277 g/mol. The first-order chi connectivity index (χ1) is 9.66. The number of piperidine rings is 1. The quantitative estimate of drug-likeness (QED) is 0.640. The van der Waals surface area contributed by atoms with Crippen LogP contribution in [0.25, 0.3) is 0 Å². The van der Waals surface area contributed by atoms with Crippen LogP contribution in [-0.2, 0) is 6.42 Å². The molecule has 20 heavy (non-hydrogen) atoms. The molecule has 0 spiro atoms. The maximum Gasteiger partial charge on any atom is 0.145 e. The second kappa shape index (κ2) is 6.39. The molecule has 0 atom stereocenters. The van der Waals surface area contributed by atoms with E-state index in [1.165, 1.54) is 25.7 Å². The molecule has 1 aliphatic heterocycles. The van der Waals surface area contributed by atoms with E-state index in [2.05, 4.69) is 41.1 Å². The van der Waals surface area contributed by atoms with E-state index in [1.54, 1.807) is 0 Å². The van der Waals surface area contributed by atoms with Crippen molar-refractivity contribution in [2.75, 3.05) is 23.4 Å². The van der Waals surface area contributed by atoms with E-state index in [1.807, 2.05) is 6.07 Å². The molecule has 1 saturated heterocycles. The third-order valence-corrected chi connectivity index (χ3v) is 4.87. The van der Waals surface area contributed by atoms with E-state index in [0.717, 1.165) is 31.2 Å². The van der Waals surface area contributed by atoms with Crippen LogP contribution in [0, 0.1) is 5.41 Å². The molecule has 5 heteroatoms. The average molecular weight is 277 g/mol. The van der Waals surface area contributed by atoms with E-state index < -0.39 is 0 Å². The number of nitrogens with zero attached hydrogens (tertiary/aromatic N) is 3. The van der Waals surface area contributed by atoms with Gasteiger partial charge in [0.05, 0.1) is 0 Å². The zero-order valence-electron chi connectivity index (χ0n) is 12.9. The molecule has 3 N–H and O–H groups in total. The smallest absolute Gasteiger partial charge is 0.145 e. The molecule has 2 heterocycles. The number of nitrogens with two attached hydrogens (primary N) is 1. The predicted octanol–water partition coefficient (Wildman–Crippen LogP) is 2.73. The predicted molar refractivity (Wildman–Crippen MR) is 83.7 cm³/mol. The summed E-state index contributed by atoms with van der Waals surface area (Å²) in [6, 6.07) is 1.95. The largest absolute Gasteiger partial charge is 0.356 e. The second-order valence-electron chi connectivity index (χ2n) is 5.72. The van der Waals surface area contributed by atoms with Gasteiger partial charge in [-0.25, -0.2) is 15.8 Å². The summed E-state index contributed by atoms with van der Waals surface area (Å²) in [5.41, 5.74) is 3.18. The molecule has 1 fully saturated rings. The molecule has 0 saturated carbocycles. The van der Waals surface area contributed by atoms with Gasteiger partial charge in [0.25, 0.3) is 0 Å². The maximum atomic E-state index is 5.50. The lowest BCUT2D eigenvalue weighted by Crippen LogP contribution is -2.40. The van der Waals surface area contributed by atoms with Crippen LogP contribution in [0.2, 0.25) is 0 Å². The van der Waals surface area contributed by atoms with Crippen molar-refractivity contribution in [1.29, 1.82) is 0 Å². The number of nitrogens with one attached hydrogen (secondary N) is 1. The summed E-state index contributed by atoms with van der Waals surface area (Å²) in [7, 11) is 0. The van der Waals surface area contributed by atoms with Crippen molar-refractivity contribution in [3.05, 3.63) is 11.9 Å². The molecule has 1 aromatic rings. The van der Waals surface area contributed by atoms with Crippen LogP contribution < -0.4 is 16.2 Å². The fourth-order valence-corrected chi connectivity index (χ4v) is 3.04. The summed E-state index contributed by atoms with van der Waals surface area (Å²) >= 11 is 0. The van der Waals surface area contributed by atoms with Crippen LogP contribution >= 0.6 is 0 Å². The van der Waals surface area contributed by atoms with Gasteiger partial charge in [0.1, 0.15) is 17.5 Å². The van der Waals surface area contributed by atoms with E-state index in [-0.39, 0.29) is 0 Å². The molecule has 2 rings (SSSR count). The topological polar surface area (TPSA) is 67.1 Å². The maximum absolute atomic E-state index is 5.50. The summed E-state index contributed by atoms with van der Waals surface area (Å²) in [4.78, 5) is 11.4. The molecule has 0 aromatic carbocycles. The molecular weight excluding hydrogens is 250 g/mol. The molecule has 0 radical (unpaired) electrons. The van der Waals surface area contributed by atoms with Crippen molar-refractivity contribution >= 4 is 11.6 Å². The number of aromatic nitrogens is 2. The first kappa shape index (κ1) is 15.0. The van der Waals surface area contributed by atoms with Gasteiger partial charge in [-0.15, -0.1) is 0 Å². The Balaban J connectivity index is 2.14. The Bertz CT molecular complexity index is 410.